The van der Waals surface area contributed by atoms with Gasteiger partial charge in [-0.2, -0.15) is 0 Å². The molecule has 1 aliphatic heterocycles. The van der Waals surface area contributed by atoms with E-state index in [0.29, 0.717) is 34.6 Å². The Hall–Kier alpha value is -4.06. The zero-order chi connectivity index (χ0) is 23.1. The van der Waals surface area contributed by atoms with Gasteiger partial charge in [-0.25, -0.2) is 0 Å². The number of ether oxygens (including phenoxy) is 2. The molecule has 166 valence electrons. The number of rotatable bonds is 5. The molecule has 0 bridgehead atoms. The Balaban J connectivity index is 1.56. The second kappa shape index (κ2) is 8.13. The highest BCUT2D eigenvalue weighted by Crippen LogP contribution is 2.40. The topological polar surface area (TPSA) is 69.0 Å². The fraction of sp³-hybridized carbons (Fsp3) is 0.185. The molecule has 0 spiro atoms. The van der Waals surface area contributed by atoms with Crippen molar-refractivity contribution in [2.24, 2.45) is 0 Å². The first-order valence-electron chi connectivity index (χ1n) is 10.7. The molecule has 2 heterocycles. The van der Waals surface area contributed by atoms with Gasteiger partial charge in [0.1, 0.15) is 12.2 Å². The molecule has 6 heteroatoms. The Morgan fingerprint density at radius 1 is 0.970 bits per heavy atom. The molecule has 1 aromatic heterocycles. The maximum absolute atomic E-state index is 13.4. The molecule has 33 heavy (non-hydrogen) atoms. The Kier molecular flexibility index (Phi) is 5.13. The molecule has 0 saturated carbocycles. The molecule has 1 atom stereocenters. The zero-order valence-electron chi connectivity index (χ0n) is 18.6. The van der Waals surface area contributed by atoms with Crippen LogP contribution >= 0.6 is 0 Å². The molecule has 3 aromatic carbocycles. The highest BCUT2D eigenvalue weighted by molar-refractivity contribution is 5.98. The number of aryl methyl sites for hydroxylation is 1. The first-order valence-corrected chi connectivity index (χ1v) is 10.7. The van der Waals surface area contributed by atoms with Crippen LogP contribution in [0.2, 0.25) is 0 Å². The average molecular weight is 441 g/mol. The SMILES string of the molecule is COc1cc(C2c3c(oc4ccc(C)cc4c3=O)C(=O)N2C)ccc1OCc1ccccc1. The number of hydrogen-bond acceptors (Lipinski definition) is 5. The lowest BCUT2D eigenvalue weighted by atomic mass is 9.98. The summed E-state index contributed by atoms with van der Waals surface area (Å²) in [4.78, 5) is 27.9. The van der Waals surface area contributed by atoms with Crippen LogP contribution in [0, 0.1) is 6.92 Å². The van der Waals surface area contributed by atoms with E-state index < -0.39 is 6.04 Å². The van der Waals surface area contributed by atoms with E-state index in [9.17, 15) is 9.59 Å². The molecule has 0 N–H and O–H groups in total. The van der Waals surface area contributed by atoms with Crippen LogP contribution in [0.3, 0.4) is 0 Å². The maximum atomic E-state index is 13.4. The average Bonchev–Trinajstić information content (AvgIpc) is 3.09. The number of hydrogen-bond donors (Lipinski definition) is 0. The molecule has 1 unspecified atom stereocenters. The molecule has 0 aliphatic carbocycles. The number of amides is 1. The van der Waals surface area contributed by atoms with Gasteiger partial charge in [0, 0.05) is 7.05 Å². The van der Waals surface area contributed by atoms with Crippen LogP contribution in [0.15, 0.2) is 75.9 Å². The van der Waals surface area contributed by atoms with E-state index >= 15 is 0 Å². The van der Waals surface area contributed by atoms with Crippen LogP contribution in [0.1, 0.15) is 38.9 Å². The lowest BCUT2D eigenvalue weighted by Crippen LogP contribution is -2.25. The summed E-state index contributed by atoms with van der Waals surface area (Å²) in [5.74, 6) is 0.877. The first-order chi connectivity index (χ1) is 16.0. The van der Waals surface area contributed by atoms with E-state index in [1.807, 2.05) is 55.5 Å². The van der Waals surface area contributed by atoms with Crippen molar-refractivity contribution in [1.82, 2.24) is 4.90 Å². The highest BCUT2D eigenvalue weighted by atomic mass is 16.5. The van der Waals surface area contributed by atoms with E-state index in [1.165, 1.54) is 4.90 Å². The van der Waals surface area contributed by atoms with Crippen molar-refractivity contribution in [3.05, 3.63) is 105 Å². The van der Waals surface area contributed by atoms with E-state index in [4.69, 9.17) is 13.9 Å². The molecule has 1 amide bonds. The van der Waals surface area contributed by atoms with Crippen LogP contribution in [0.25, 0.3) is 11.0 Å². The van der Waals surface area contributed by atoms with Gasteiger partial charge in [0.05, 0.1) is 24.1 Å². The van der Waals surface area contributed by atoms with Crippen molar-refractivity contribution in [1.29, 1.82) is 0 Å². The third-order valence-corrected chi connectivity index (χ3v) is 6.00. The van der Waals surface area contributed by atoms with E-state index in [1.54, 1.807) is 32.4 Å². The number of fused-ring (bicyclic) bond motifs is 2. The van der Waals surface area contributed by atoms with Crippen molar-refractivity contribution in [3.63, 3.8) is 0 Å². The zero-order valence-corrected chi connectivity index (χ0v) is 18.6. The van der Waals surface area contributed by atoms with Crippen molar-refractivity contribution in [2.75, 3.05) is 14.2 Å². The third-order valence-electron chi connectivity index (χ3n) is 6.00. The van der Waals surface area contributed by atoms with Crippen molar-refractivity contribution < 1.29 is 18.7 Å². The van der Waals surface area contributed by atoms with Gasteiger partial charge in [-0.3, -0.25) is 9.59 Å². The second-order valence-corrected chi connectivity index (χ2v) is 8.18. The number of carbonyl (C=O) groups is 1. The predicted molar refractivity (Wildman–Crippen MR) is 125 cm³/mol. The number of carbonyl (C=O) groups excluding carboxylic acids is 1. The summed E-state index contributed by atoms with van der Waals surface area (Å²) in [5, 5.41) is 0.469. The Labute approximate surface area is 191 Å². The minimum absolute atomic E-state index is 0.0900. The van der Waals surface area contributed by atoms with Gasteiger partial charge in [0.2, 0.25) is 5.76 Å². The first kappa shape index (κ1) is 20.8. The molecule has 0 saturated heterocycles. The van der Waals surface area contributed by atoms with Crippen LogP contribution in [0.4, 0.5) is 0 Å². The summed E-state index contributed by atoms with van der Waals surface area (Å²) >= 11 is 0. The Morgan fingerprint density at radius 3 is 2.52 bits per heavy atom. The summed E-state index contributed by atoms with van der Waals surface area (Å²) in [7, 11) is 3.24. The molecule has 6 nitrogen and oxygen atoms in total. The molecule has 0 radical (unpaired) electrons. The van der Waals surface area contributed by atoms with Gasteiger partial charge in [-0.15, -0.1) is 0 Å². The van der Waals surface area contributed by atoms with Crippen LogP contribution in [-0.2, 0) is 6.61 Å². The minimum atomic E-state index is -0.578. The van der Waals surface area contributed by atoms with Gasteiger partial charge < -0.3 is 18.8 Å². The Bertz CT molecular complexity index is 1420. The Morgan fingerprint density at radius 2 is 1.76 bits per heavy atom. The largest absolute Gasteiger partial charge is 0.493 e. The van der Waals surface area contributed by atoms with Gasteiger partial charge in [0.15, 0.2) is 16.9 Å². The van der Waals surface area contributed by atoms with E-state index in [-0.39, 0.29) is 17.1 Å². The third kappa shape index (κ3) is 3.53. The summed E-state index contributed by atoms with van der Waals surface area (Å²) in [5.41, 5.74) is 3.30. The molecule has 4 aromatic rings. The summed E-state index contributed by atoms with van der Waals surface area (Å²) < 4.78 is 17.4. The van der Waals surface area contributed by atoms with Crippen molar-refractivity contribution >= 4 is 16.9 Å². The molecule has 5 rings (SSSR count). The van der Waals surface area contributed by atoms with E-state index in [0.717, 1.165) is 16.7 Å². The van der Waals surface area contributed by atoms with Gasteiger partial charge >= 0.3 is 0 Å². The normalized spacial score (nSPS) is 15.1. The standard InChI is InChI=1S/C27H23NO5/c1-16-9-11-20-19(13-16)25(29)23-24(28(2)27(30)26(23)33-20)18-10-12-21(22(14-18)31-3)32-15-17-7-5-4-6-8-17/h4-14,24H,15H2,1-3H3. The van der Waals surface area contributed by atoms with Gasteiger partial charge in [0.25, 0.3) is 5.91 Å². The van der Waals surface area contributed by atoms with Crippen LogP contribution in [-0.4, -0.2) is 25.0 Å². The lowest BCUT2D eigenvalue weighted by molar-refractivity contribution is 0.0771. The smallest absolute Gasteiger partial charge is 0.290 e. The summed E-state index contributed by atoms with van der Waals surface area (Å²) in [6, 6.07) is 20.1. The van der Waals surface area contributed by atoms with Crippen LogP contribution in [0.5, 0.6) is 11.5 Å². The lowest BCUT2D eigenvalue weighted by Gasteiger charge is -2.21. The minimum Gasteiger partial charge on any atom is -0.493 e. The van der Waals surface area contributed by atoms with Crippen LogP contribution < -0.4 is 14.9 Å². The maximum Gasteiger partial charge on any atom is 0.290 e. The summed E-state index contributed by atoms with van der Waals surface area (Å²) in [6.45, 7) is 2.32. The van der Waals surface area contributed by atoms with Crippen molar-refractivity contribution in [2.45, 2.75) is 19.6 Å². The molecular weight excluding hydrogens is 418 g/mol. The predicted octanol–water partition coefficient (Wildman–Crippen LogP) is 4.86. The summed E-state index contributed by atoms with van der Waals surface area (Å²) in [6.07, 6.45) is 0. The quantitative estimate of drug-likeness (QED) is 0.442. The van der Waals surface area contributed by atoms with Gasteiger partial charge in [-0.1, -0.05) is 48.0 Å². The van der Waals surface area contributed by atoms with Crippen molar-refractivity contribution in [3.8, 4) is 11.5 Å². The fourth-order valence-electron chi connectivity index (χ4n) is 4.30. The second-order valence-electron chi connectivity index (χ2n) is 8.18. The monoisotopic (exact) mass is 441 g/mol. The number of benzene rings is 3. The van der Waals surface area contributed by atoms with E-state index in [2.05, 4.69) is 0 Å². The number of nitrogens with zero attached hydrogens (tertiary/aromatic N) is 1. The molecule has 0 fully saturated rings. The van der Waals surface area contributed by atoms with Gasteiger partial charge in [-0.05, 0) is 42.3 Å². The molecule has 1 aliphatic rings. The molecular formula is C27H23NO5. The number of methoxy groups -OCH3 is 1. The highest BCUT2D eigenvalue weighted by Gasteiger charge is 2.41. The fourth-order valence-corrected chi connectivity index (χ4v) is 4.30.